The van der Waals surface area contributed by atoms with Gasteiger partial charge in [0.05, 0.1) is 11.3 Å². The van der Waals surface area contributed by atoms with Gasteiger partial charge in [0.15, 0.2) is 5.78 Å². The van der Waals surface area contributed by atoms with Crippen LogP contribution in [0.2, 0.25) is 0 Å². The number of hydrogen-bond acceptors (Lipinski definition) is 4. The van der Waals surface area contributed by atoms with E-state index in [4.69, 9.17) is 0 Å². The van der Waals surface area contributed by atoms with E-state index in [1.54, 1.807) is 6.92 Å². The van der Waals surface area contributed by atoms with Crippen LogP contribution in [0.15, 0.2) is 41.8 Å². The number of likely N-dealkylation sites (tertiary alicyclic amines) is 1. The zero-order chi connectivity index (χ0) is 19.2. The van der Waals surface area contributed by atoms with E-state index in [0.717, 1.165) is 49.5 Å². The molecule has 0 unspecified atom stereocenters. The second-order valence-electron chi connectivity index (χ2n) is 7.53. The van der Waals surface area contributed by atoms with E-state index in [1.807, 2.05) is 23.4 Å². The van der Waals surface area contributed by atoms with Crippen LogP contribution in [-0.4, -0.2) is 48.2 Å². The van der Waals surface area contributed by atoms with Gasteiger partial charge in [-0.25, -0.2) is 0 Å². The highest BCUT2D eigenvalue weighted by atomic mass is 32.1. The van der Waals surface area contributed by atoms with Gasteiger partial charge in [-0.05, 0) is 61.3 Å². The Morgan fingerprint density at radius 2 is 1.85 bits per heavy atom. The van der Waals surface area contributed by atoms with Crippen molar-refractivity contribution >= 4 is 23.0 Å². The minimum absolute atomic E-state index is 0.0642. The minimum atomic E-state index is 0.0642. The fourth-order valence-electron chi connectivity index (χ4n) is 3.62. The second kappa shape index (κ2) is 9.29. The highest BCUT2D eigenvalue weighted by Gasteiger charge is 2.22. The first-order valence-corrected chi connectivity index (χ1v) is 10.5. The number of amides is 1. The lowest BCUT2D eigenvalue weighted by atomic mass is 9.95. The Hall–Kier alpha value is -1.98. The average molecular weight is 385 g/mol. The van der Waals surface area contributed by atoms with E-state index in [1.165, 1.54) is 16.9 Å². The van der Waals surface area contributed by atoms with Crippen molar-refractivity contribution < 1.29 is 9.59 Å². The van der Waals surface area contributed by atoms with E-state index in [9.17, 15) is 9.59 Å². The van der Waals surface area contributed by atoms with E-state index in [0.29, 0.717) is 12.3 Å². The number of benzene rings is 1. The number of thiophene rings is 1. The number of Topliss-reactive ketones (excluding diaryl/α,β-unsaturated/α-hetero) is 1. The first-order valence-electron chi connectivity index (χ1n) is 9.60. The third-order valence-corrected chi connectivity index (χ3v) is 6.35. The fourth-order valence-corrected chi connectivity index (χ4v) is 4.44. The third kappa shape index (κ3) is 5.75. The molecule has 0 saturated carbocycles. The molecule has 0 bridgehead atoms. The quantitative estimate of drug-likeness (QED) is 0.681. The van der Waals surface area contributed by atoms with Crippen molar-refractivity contribution in [2.24, 2.45) is 5.92 Å². The maximum atomic E-state index is 12.5. The second-order valence-corrected chi connectivity index (χ2v) is 8.44. The Morgan fingerprint density at radius 3 is 2.48 bits per heavy atom. The number of ketones is 1. The van der Waals surface area contributed by atoms with Gasteiger partial charge in [-0.3, -0.25) is 14.5 Å². The smallest absolute Gasteiger partial charge is 0.226 e. The van der Waals surface area contributed by atoms with Crippen molar-refractivity contribution in [1.82, 2.24) is 9.80 Å². The zero-order valence-corrected chi connectivity index (χ0v) is 17.0. The molecule has 0 spiro atoms. The summed E-state index contributed by atoms with van der Waals surface area (Å²) in [6.45, 7) is 5.58. The van der Waals surface area contributed by atoms with Gasteiger partial charge in [0.1, 0.15) is 0 Å². The molecule has 1 fully saturated rings. The van der Waals surface area contributed by atoms with Crippen LogP contribution in [0.25, 0.3) is 0 Å². The van der Waals surface area contributed by atoms with E-state index in [2.05, 4.69) is 35.2 Å². The number of hydrogen-bond donors (Lipinski definition) is 0. The molecule has 1 aliphatic rings. The van der Waals surface area contributed by atoms with Gasteiger partial charge >= 0.3 is 0 Å². The number of carbonyl (C=O) groups excluding carboxylic acids is 2. The summed E-state index contributed by atoms with van der Waals surface area (Å²) in [6.07, 6.45) is 2.65. The van der Waals surface area contributed by atoms with Gasteiger partial charge in [0.25, 0.3) is 0 Å². The SMILES string of the molecule is CC(=O)c1cc(CC(=O)N(C)CC2CCN(Cc3ccccc3)CC2)cs1. The number of likely N-dealkylation sites (N-methyl/N-ethyl adjacent to an activating group) is 1. The summed E-state index contributed by atoms with van der Waals surface area (Å²) < 4.78 is 0. The van der Waals surface area contributed by atoms with E-state index >= 15 is 0 Å². The Balaban J connectivity index is 1.42. The van der Waals surface area contributed by atoms with Crippen LogP contribution in [0.5, 0.6) is 0 Å². The number of nitrogens with zero attached hydrogens (tertiary/aromatic N) is 2. The van der Waals surface area contributed by atoms with Crippen molar-refractivity contribution in [2.75, 3.05) is 26.7 Å². The maximum Gasteiger partial charge on any atom is 0.226 e. The summed E-state index contributed by atoms with van der Waals surface area (Å²) in [6, 6.07) is 12.5. The molecular weight excluding hydrogens is 356 g/mol. The molecule has 2 aromatic rings. The van der Waals surface area contributed by atoms with Crippen LogP contribution in [0.1, 0.15) is 40.6 Å². The molecular formula is C22H28N2O2S. The van der Waals surface area contributed by atoms with Gasteiger partial charge < -0.3 is 4.90 Å². The van der Waals surface area contributed by atoms with E-state index < -0.39 is 0 Å². The average Bonchev–Trinajstić information content (AvgIpc) is 3.13. The largest absolute Gasteiger partial charge is 0.345 e. The highest BCUT2D eigenvalue weighted by molar-refractivity contribution is 7.12. The molecule has 0 N–H and O–H groups in total. The molecule has 0 aliphatic carbocycles. The molecule has 0 atom stereocenters. The van der Waals surface area contributed by atoms with Crippen LogP contribution in [0, 0.1) is 5.92 Å². The lowest BCUT2D eigenvalue weighted by Gasteiger charge is -2.34. The van der Waals surface area contributed by atoms with Gasteiger partial charge in [-0.15, -0.1) is 11.3 Å². The van der Waals surface area contributed by atoms with E-state index in [-0.39, 0.29) is 11.7 Å². The molecule has 1 aromatic heterocycles. The number of piperidine rings is 1. The summed E-state index contributed by atoms with van der Waals surface area (Å²) in [5.74, 6) is 0.769. The molecule has 1 amide bonds. The topological polar surface area (TPSA) is 40.6 Å². The van der Waals surface area contributed by atoms with Crippen molar-refractivity contribution in [2.45, 2.75) is 32.7 Å². The summed E-state index contributed by atoms with van der Waals surface area (Å²) in [4.78, 5) is 29.0. The molecule has 1 aromatic carbocycles. The third-order valence-electron chi connectivity index (χ3n) is 5.27. The first-order chi connectivity index (χ1) is 13.0. The molecule has 1 saturated heterocycles. The van der Waals surface area contributed by atoms with Crippen molar-refractivity contribution in [1.29, 1.82) is 0 Å². The number of carbonyl (C=O) groups is 2. The summed E-state index contributed by atoms with van der Waals surface area (Å²) >= 11 is 1.42. The van der Waals surface area contributed by atoms with Gasteiger partial charge in [0, 0.05) is 20.1 Å². The maximum absolute atomic E-state index is 12.5. The zero-order valence-electron chi connectivity index (χ0n) is 16.2. The molecule has 4 nitrogen and oxygen atoms in total. The lowest BCUT2D eigenvalue weighted by Crippen LogP contribution is -2.39. The lowest BCUT2D eigenvalue weighted by molar-refractivity contribution is -0.129. The predicted octanol–water partition coefficient (Wildman–Crippen LogP) is 3.86. The summed E-state index contributed by atoms with van der Waals surface area (Å²) in [5, 5.41) is 1.92. The normalized spacial score (nSPS) is 15.6. The molecule has 0 radical (unpaired) electrons. The summed E-state index contributed by atoms with van der Waals surface area (Å²) in [7, 11) is 1.90. The van der Waals surface area contributed by atoms with Crippen LogP contribution in [0.3, 0.4) is 0 Å². The molecule has 27 heavy (non-hydrogen) atoms. The molecule has 1 aliphatic heterocycles. The number of rotatable bonds is 7. The Morgan fingerprint density at radius 1 is 1.15 bits per heavy atom. The summed E-state index contributed by atoms with van der Waals surface area (Å²) in [5.41, 5.74) is 2.31. The van der Waals surface area contributed by atoms with Crippen LogP contribution in [-0.2, 0) is 17.8 Å². The first kappa shape index (κ1) is 19.8. The molecule has 2 heterocycles. The van der Waals surface area contributed by atoms with Gasteiger partial charge in [-0.1, -0.05) is 30.3 Å². The standard InChI is InChI=1S/C22H28N2O2S/c1-17(25)21-12-20(16-27-21)13-22(26)23(2)14-19-8-10-24(11-9-19)15-18-6-4-3-5-7-18/h3-7,12,16,19H,8-11,13-15H2,1-2H3. The van der Waals surface area contributed by atoms with Crippen LogP contribution < -0.4 is 0 Å². The van der Waals surface area contributed by atoms with Crippen LogP contribution >= 0.6 is 11.3 Å². The molecule has 5 heteroatoms. The Labute approximate surface area is 165 Å². The Kier molecular flexibility index (Phi) is 6.80. The van der Waals surface area contributed by atoms with Crippen molar-refractivity contribution in [3.05, 3.63) is 57.8 Å². The minimum Gasteiger partial charge on any atom is -0.345 e. The van der Waals surface area contributed by atoms with Gasteiger partial charge in [0.2, 0.25) is 5.91 Å². The van der Waals surface area contributed by atoms with Crippen LogP contribution in [0.4, 0.5) is 0 Å². The highest BCUT2D eigenvalue weighted by Crippen LogP contribution is 2.21. The van der Waals surface area contributed by atoms with Crippen molar-refractivity contribution in [3.8, 4) is 0 Å². The monoisotopic (exact) mass is 384 g/mol. The fraction of sp³-hybridized carbons (Fsp3) is 0.455. The molecule has 144 valence electrons. The molecule has 3 rings (SSSR count). The van der Waals surface area contributed by atoms with Crippen molar-refractivity contribution in [3.63, 3.8) is 0 Å². The predicted molar refractivity (Wildman–Crippen MR) is 110 cm³/mol. The van der Waals surface area contributed by atoms with Gasteiger partial charge in [-0.2, -0.15) is 0 Å². The Bertz CT molecular complexity index is 764.